The van der Waals surface area contributed by atoms with Gasteiger partial charge in [0, 0.05) is 24.0 Å². The second kappa shape index (κ2) is 4.91. The molecular weight excluding hydrogens is 176 g/mol. The van der Waals surface area contributed by atoms with Crippen LogP contribution in [0.4, 0.5) is 5.95 Å². The number of nitrogens with one attached hydrogen (secondary N) is 1. The Morgan fingerprint density at radius 2 is 2.21 bits per heavy atom. The first-order chi connectivity index (χ1) is 6.58. The molecule has 0 aromatic carbocycles. The highest BCUT2D eigenvalue weighted by Crippen LogP contribution is 2.04. The molecule has 0 aliphatic rings. The van der Waals surface area contributed by atoms with Gasteiger partial charge < -0.3 is 11.1 Å². The van der Waals surface area contributed by atoms with Gasteiger partial charge in [-0.1, -0.05) is 0 Å². The molecule has 0 radical (unpaired) electrons. The van der Waals surface area contributed by atoms with Crippen molar-refractivity contribution in [2.75, 3.05) is 5.32 Å². The van der Waals surface area contributed by atoms with Gasteiger partial charge in [-0.05, 0) is 33.3 Å². The molecule has 4 heteroatoms. The van der Waals surface area contributed by atoms with Crippen LogP contribution in [0.1, 0.15) is 26.0 Å². The fourth-order valence-corrected chi connectivity index (χ4v) is 1.36. The summed E-state index contributed by atoms with van der Waals surface area (Å²) in [6.45, 7) is 6.02. The molecule has 0 fully saturated rings. The normalized spacial score (nSPS) is 14.9. The Morgan fingerprint density at radius 3 is 2.79 bits per heavy atom. The van der Waals surface area contributed by atoms with Crippen LogP contribution in [0.25, 0.3) is 0 Å². The Balaban J connectivity index is 2.51. The van der Waals surface area contributed by atoms with Crippen LogP contribution in [-0.4, -0.2) is 22.1 Å². The number of nitrogens with zero attached hydrogens (tertiary/aromatic N) is 2. The molecule has 1 heterocycles. The lowest BCUT2D eigenvalue weighted by atomic mass is 10.1. The van der Waals surface area contributed by atoms with Gasteiger partial charge in [0.2, 0.25) is 5.95 Å². The van der Waals surface area contributed by atoms with E-state index >= 15 is 0 Å². The van der Waals surface area contributed by atoms with Gasteiger partial charge in [-0.15, -0.1) is 0 Å². The maximum atomic E-state index is 5.70. The molecule has 2 atom stereocenters. The lowest BCUT2D eigenvalue weighted by Gasteiger charge is -2.15. The van der Waals surface area contributed by atoms with Crippen molar-refractivity contribution in [3.05, 3.63) is 18.0 Å². The molecule has 0 bridgehead atoms. The Labute approximate surface area is 85.0 Å². The van der Waals surface area contributed by atoms with Gasteiger partial charge in [0.05, 0.1) is 0 Å². The highest BCUT2D eigenvalue weighted by Gasteiger charge is 2.06. The fraction of sp³-hybridized carbons (Fsp3) is 0.600. The Morgan fingerprint density at radius 1 is 1.50 bits per heavy atom. The zero-order valence-corrected chi connectivity index (χ0v) is 8.99. The topological polar surface area (TPSA) is 63.8 Å². The van der Waals surface area contributed by atoms with E-state index in [1.807, 2.05) is 19.9 Å². The number of hydrogen-bond acceptors (Lipinski definition) is 4. The van der Waals surface area contributed by atoms with Gasteiger partial charge in [0.1, 0.15) is 0 Å². The van der Waals surface area contributed by atoms with E-state index < -0.39 is 0 Å². The molecule has 4 nitrogen and oxygen atoms in total. The van der Waals surface area contributed by atoms with Crippen LogP contribution in [0.15, 0.2) is 12.3 Å². The highest BCUT2D eigenvalue weighted by atomic mass is 15.1. The van der Waals surface area contributed by atoms with Gasteiger partial charge in [-0.3, -0.25) is 0 Å². The largest absolute Gasteiger partial charge is 0.352 e. The summed E-state index contributed by atoms with van der Waals surface area (Å²) in [4.78, 5) is 8.38. The van der Waals surface area contributed by atoms with Crippen LogP contribution in [0, 0.1) is 6.92 Å². The minimum Gasteiger partial charge on any atom is -0.352 e. The van der Waals surface area contributed by atoms with Gasteiger partial charge in [0.25, 0.3) is 0 Å². The van der Waals surface area contributed by atoms with E-state index in [4.69, 9.17) is 5.73 Å². The molecule has 0 spiro atoms. The van der Waals surface area contributed by atoms with Crippen LogP contribution >= 0.6 is 0 Å². The molecule has 0 aliphatic heterocycles. The van der Waals surface area contributed by atoms with Crippen LogP contribution in [0.5, 0.6) is 0 Å². The average molecular weight is 194 g/mol. The first kappa shape index (κ1) is 10.9. The molecular formula is C10H18N4. The molecule has 0 aliphatic carbocycles. The predicted octanol–water partition coefficient (Wildman–Crippen LogP) is 1.32. The number of anilines is 1. The number of nitrogens with two attached hydrogens (primary N) is 1. The van der Waals surface area contributed by atoms with Crippen molar-refractivity contribution in [3.8, 4) is 0 Å². The van der Waals surface area contributed by atoms with Crippen LogP contribution < -0.4 is 11.1 Å². The van der Waals surface area contributed by atoms with E-state index in [1.165, 1.54) is 0 Å². The summed E-state index contributed by atoms with van der Waals surface area (Å²) in [5.74, 6) is 0.679. The van der Waals surface area contributed by atoms with Crippen molar-refractivity contribution >= 4 is 5.95 Å². The molecule has 0 saturated carbocycles. The molecule has 1 aromatic heterocycles. The number of aromatic nitrogens is 2. The molecule has 0 amide bonds. The maximum Gasteiger partial charge on any atom is 0.223 e. The molecule has 2 unspecified atom stereocenters. The number of aryl methyl sites for hydroxylation is 1. The fourth-order valence-electron chi connectivity index (χ4n) is 1.36. The molecule has 3 N–H and O–H groups in total. The average Bonchev–Trinajstić information content (AvgIpc) is 2.01. The third-order valence-corrected chi connectivity index (χ3v) is 1.90. The van der Waals surface area contributed by atoms with Crippen LogP contribution in [-0.2, 0) is 0 Å². The summed E-state index contributed by atoms with van der Waals surface area (Å²) in [6.07, 6.45) is 2.67. The molecule has 1 aromatic rings. The summed E-state index contributed by atoms with van der Waals surface area (Å²) < 4.78 is 0. The summed E-state index contributed by atoms with van der Waals surface area (Å²) in [5, 5.41) is 3.21. The highest BCUT2D eigenvalue weighted by molar-refractivity contribution is 5.25. The minimum absolute atomic E-state index is 0.197. The molecule has 1 rings (SSSR count). The second-order valence-electron chi connectivity index (χ2n) is 3.78. The van der Waals surface area contributed by atoms with Crippen LogP contribution in [0.2, 0.25) is 0 Å². The van der Waals surface area contributed by atoms with Gasteiger partial charge in [0.15, 0.2) is 0 Å². The first-order valence-electron chi connectivity index (χ1n) is 4.89. The molecule has 14 heavy (non-hydrogen) atoms. The van der Waals surface area contributed by atoms with Crippen molar-refractivity contribution in [1.82, 2.24) is 9.97 Å². The molecule has 78 valence electrons. The quantitative estimate of drug-likeness (QED) is 0.758. The van der Waals surface area contributed by atoms with Crippen molar-refractivity contribution in [3.63, 3.8) is 0 Å². The van der Waals surface area contributed by atoms with E-state index in [0.29, 0.717) is 12.0 Å². The smallest absolute Gasteiger partial charge is 0.223 e. The number of rotatable bonds is 4. The minimum atomic E-state index is 0.197. The van der Waals surface area contributed by atoms with E-state index in [-0.39, 0.29) is 6.04 Å². The van der Waals surface area contributed by atoms with Gasteiger partial charge >= 0.3 is 0 Å². The second-order valence-corrected chi connectivity index (χ2v) is 3.78. The summed E-state index contributed by atoms with van der Waals surface area (Å²) in [5.41, 5.74) is 6.66. The monoisotopic (exact) mass is 194 g/mol. The lowest BCUT2D eigenvalue weighted by Crippen LogP contribution is -2.26. The maximum absolute atomic E-state index is 5.70. The standard InChI is InChI=1S/C10H18N4/c1-7(11)6-9(3)14-10-12-5-4-8(2)13-10/h4-5,7,9H,6,11H2,1-3H3,(H,12,13,14). The Hall–Kier alpha value is -1.16. The van der Waals surface area contributed by atoms with Crippen molar-refractivity contribution in [1.29, 1.82) is 0 Å². The Kier molecular flexibility index (Phi) is 3.83. The van der Waals surface area contributed by atoms with Crippen LogP contribution in [0.3, 0.4) is 0 Å². The van der Waals surface area contributed by atoms with E-state index in [2.05, 4.69) is 22.2 Å². The summed E-state index contributed by atoms with van der Waals surface area (Å²) >= 11 is 0. The van der Waals surface area contributed by atoms with Gasteiger partial charge in [-0.25, -0.2) is 9.97 Å². The zero-order valence-electron chi connectivity index (χ0n) is 8.99. The molecule has 0 saturated heterocycles. The van der Waals surface area contributed by atoms with Gasteiger partial charge in [-0.2, -0.15) is 0 Å². The predicted molar refractivity (Wildman–Crippen MR) is 58.1 cm³/mol. The third kappa shape index (κ3) is 3.70. The first-order valence-corrected chi connectivity index (χ1v) is 4.89. The van der Waals surface area contributed by atoms with E-state index in [1.54, 1.807) is 6.20 Å². The van der Waals surface area contributed by atoms with E-state index in [0.717, 1.165) is 12.1 Å². The zero-order chi connectivity index (χ0) is 10.6. The third-order valence-electron chi connectivity index (χ3n) is 1.90. The van der Waals surface area contributed by atoms with E-state index in [9.17, 15) is 0 Å². The number of hydrogen-bond donors (Lipinski definition) is 2. The Bertz CT molecular complexity index is 285. The lowest BCUT2D eigenvalue weighted by molar-refractivity contribution is 0.601. The SMILES string of the molecule is Cc1ccnc(NC(C)CC(C)N)n1. The van der Waals surface area contributed by atoms with Crippen molar-refractivity contribution in [2.24, 2.45) is 5.73 Å². The summed E-state index contributed by atoms with van der Waals surface area (Å²) in [6, 6.07) is 2.38. The van der Waals surface area contributed by atoms with Crippen molar-refractivity contribution in [2.45, 2.75) is 39.3 Å². The van der Waals surface area contributed by atoms with Crippen molar-refractivity contribution < 1.29 is 0 Å². The summed E-state index contributed by atoms with van der Waals surface area (Å²) in [7, 11) is 0.